The summed E-state index contributed by atoms with van der Waals surface area (Å²) in [7, 11) is 1.71. The monoisotopic (exact) mass is 357 g/mol. The predicted molar refractivity (Wildman–Crippen MR) is 79.1 cm³/mol. The average molecular weight is 359 g/mol. The van der Waals surface area contributed by atoms with Crippen molar-refractivity contribution in [3.8, 4) is 0 Å². The molecule has 1 fully saturated rings. The van der Waals surface area contributed by atoms with Gasteiger partial charge in [0.15, 0.2) is 0 Å². The molecule has 0 bridgehead atoms. The van der Waals surface area contributed by atoms with E-state index in [9.17, 15) is 0 Å². The van der Waals surface area contributed by atoms with Gasteiger partial charge in [-0.25, -0.2) is 4.98 Å². The Labute approximate surface area is 129 Å². The summed E-state index contributed by atoms with van der Waals surface area (Å²) in [6, 6.07) is 1.84. The zero-order valence-corrected chi connectivity index (χ0v) is 13.1. The van der Waals surface area contributed by atoms with Crippen LogP contribution in [0.15, 0.2) is 22.9 Å². The minimum Gasteiger partial charge on any atom is -0.379 e. The fourth-order valence-corrected chi connectivity index (χ4v) is 3.39. The van der Waals surface area contributed by atoms with E-state index in [-0.39, 0.29) is 12.0 Å². The van der Waals surface area contributed by atoms with Crippen molar-refractivity contribution >= 4 is 33.3 Å². The topological polar surface area (TPSA) is 66.9 Å². The standard InChI is InChI=1S/C12H13BrClN5O/c1-20-11-6-19(5-8(11)10-4-16-18-17-10)12-9(13)2-7(14)3-15-12/h2-4,8,11H,5-6H2,1H3,(H,16,17,18)/t8-,11+/m0/s1. The maximum Gasteiger partial charge on any atom is 0.143 e. The number of nitrogens with zero attached hydrogens (tertiary/aromatic N) is 4. The van der Waals surface area contributed by atoms with Crippen LogP contribution in [0, 0.1) is 0 Å². The first-order valence-electron chi connectivity index (χ1n) is 6.13. The fraction of sp³-hybridized carbons (Fsp3) is 0.417. The van der Waals surface area contributed by atoms with E-state index in [1.54, 1.807) is 19.5 Å². The van der Waals surface area contributed by atoms with Crippen molar-refractivity contribution in [2.75, 3.05) is 25.1 Å². The van der Waals surface area contributed by atoms with Crippen LogP contribution >= 0.6 is 27.5 Å². The number of hydrogen-bond donors (Lipinski definition) is 1. The first kappa shape index (κ1) is 13.8. The highest BCUT2D eigenvalue weighted by molar-refractivity contribution is 9.10. The van der Waals surface area contributed by atoms with Crippen LogP contribution in [0.2, 0.25) is 5.02 Å². The second-order valence-corrected chi connectivity index (χ2v) is 5.93. The Kier molecular flexibility index (Phi) is 3.91. The Morgan fingerprint density at radius 1 is 1.45 bits per heavy atom. The normalized spacial score (nSPS) is 22.4. The van der Waals surface area contributed by atoms with Gasteiger partial charge in [-0.15, -0.1) is 0 Å². The number of hydrogen-bond acceptors (Lipinski definition) is 5. The number of methoxy groups -OCH3 is 1. The SMILES string of the molecule is CO[C@@H]1CN(c2ncc(Cl)cc2Br)C[C@H]1c1cn[nH]n1. The number of aromatic amines is 1. The second-order valence-electron chi connectivity index (χ2n) is 4.64. The predicted octanol–water partition coefficient (Wildman–Crippen LogP) is 2.23. The van der Waals surface area contributed by atoms with Crippen LogP contribution in [0.5, 0.6) is 0 Å². The molecular weight excluding hydrogens is 346 g/mol. The van der Waals surface area contributed by atoms with Crippen LogP contribution in [0.1, 0.15) is 11.6 Å². The van der Waals surface area contributed by atoms with E-state index in [0.29, 0.717) is 5.02 Å². The van der Waals surface area contributed by atoms with Gasteiger partial charge >= 0.3 is 0 Å². The molecule has 20 heavy (non-hydrogen) atoms. The van der Waals surface area contributed by atoms with Crippen LogP contribution in [0.25, 0.3) is 0 Å². The molecule has 0 aromatic carbocycles. The number of pyridine rings is 1. The molecule has 2 aromatic heterocycles. The molecule has 0 unspecified atom stereocenters. The van der Waals surface area contributed by atoms with Crippen LogP contribution in [-0.2, 0) is 4.74 Å². The number of anilines is 1. The zero-order valence-electron chi connectivity index (χ0n) is 10.8. The van der Waals surface area contributed by atoms with Crippen molar-refractivity contribution in [1.82, 2.24) is 20.4 Å². The van der Waals surface area contributed by atoms with Crippen LogP contribution < -0.4 is 4.90 Å². The van der Waals surface area contributed by atoms with Gasteiger partial charge in [0.2, 0.25) is 0 Å². The Morgan fingerprint density at radius 2 is 2.30 bits per heavy atom. The summed E-state index contributed by atoms with van der Waals surface area (Å²) in [5.74, 6) is 1.03. The zero-order chi connectivity index (χ0) is 14.1. The summed E-state index contributed by atoms with van der Waals surface area (Å²) in [4.78, 5) is 6.55. The van der Waals surface area contributed by atoms with Crippen molar-refractivity contribution in [2.45, 2.75) is 12.0 Å². The number of H-pyrrole nitrogens is 1. The van der Waals surface area contributed by atoms with Crippen molar-refractivity contribution in [3.05, 3.63) is 33.6 Å². The highest BCUT2D eigenvalue weighted by Gasteiger charge is 2.36. The quantitative estimate of drug-likeness (QED) is 0.911. The van der Waals surface area contributed by atoms with Crippen LogP contribution in [0.3, 0.4) is 0 Å². The third-order valence-electron chi connectivity index (χ3n) is 3.47. The molecule has 1 aliphatic heterocycles. The third kappa shape index (κ3) is 2.53. The molecule has 6 nitrogen and oxygen atoms in total. The number of rotatable bonds is 3. The van der Waals surface area contributed by atoms with Crippen LogP contribution in [-0.4, -0.2) is 46.7 Å². The highest BCUT2D eigenvalue weighted by Crippen LogP contribution is 2.34. The first-order valence-corrected chi connectivity index (χ1v) is 7.30. The molecule has 0 radical (unpaired) electrons. The first-order chi connectivity index (χ1) is 9.69. The molecule has 0 spiro atoms. The molecule has 0 saturated carbocycles. The second kappa shape index (κ2) is 5.67. The van der Waals surface area contributed by atoms with Gasteiger partial charge in [0, 0.05) is 26.4 Å². The van der Waals surface area contributed by atoms with Gasteiger partial charge in [-0.3, -0.25) is 0 Å². The molecule has 2 aromatic rings. The fourth-order valence-electron chi connectivity index (χ4n) is 2.50. The van der Waals surface area contributed by atoms with Gasteiger partial charge in [0.05, 0.1) is 33.4 Å². The minimum absolute atomic E-state index is 0.0597. The molecule has 3 rings (SSSR count). The molecular formula is C12H13BrClN5O. The molecule has 1 saturated heterocycles. The summed E-state index contributed by atoms with van der Waals surface area (Å²) in [6.07, 6.45) is 3.45. The van der Waals surface area contributed by atoms with E-state index in [1.165, 1.54) is 0 Å². The van der Waals surface area contributed by atoms with Crippen molar-refractivity contribution < 1.29 is 4.74 Å². The Balaban J connectivity index is 1.86. The Morgan fingerprint density at radius 3 is 2.95 bits per heavy atom. The van der Waals surface area contributed by atoms with E-state index in [2.05, 4.69) is 41.2 Å². The van der Waals surface area contributed by atoms with Gasteiger partial charge in [0.25, 0.3) is 0 Å². The summed E-state index contributed by atoms with van der Waals surface area (Å²) in [5, 5.41) is 11.3. The van der Waals surface area contributed by atoms with Gasteiger partial charge in [0.1, 0.15) is 5.82 Å². The minimum atomic E-state index is 0.0597. The van der Waals surface area contributed by atoms with Crippen molar-refractivity contribution in [1.29, 1.82) is 0 Å². The Hall–Kier alpha value is -1.18. The van der Waals surface area contributed by atoms with Gasteiger partial charge in [-0.1, -0.05) is 11.6 Å². The van der Waals surface area contributed by atoms with Crippen molar-refractivity contribution in [2.24, 2.45) is 0 Å². The molecule has 0 amide bonds. The number of ether oxygens (including phenoxy) is 1. The summed E-state index contributed by atoms with van der Waals surface area (Å²) in [6.45, 7) is 1.53. The van der Waals surface area contributed by atoms with E-state index < -0.39 is 0 Å². The third-order valence-corrected chi connectivity index (χ3v) is 4.26. The average Bonchev–Trinajstić information content (AvgIpc) is 3.07. The van der Waals surface area contributed by atoms with Gasteiger partial charge in [-0.2, -0.15) is 15.4 Å². The highest BCUT2D eigenvalue weighted by atomic mass is 79.9. The molecule has 106 valence electrons. The molecule has 0 aliphatic carbocycles. The lowest BCUT2D eigenvalue weighted by atomic mass is 10.0. The summed E-state index contributed by atoms with van der Waals surface area (Å²) < 4.78 is 6.45. The molecule has 3 heterocycles. The number of nitrogens with one attached hydrogen (secondary N) is 1. The molecule has 8 heteroatoms. The lowest BCUT2D eigenvalue weighted by Crippen LogP contribution is -2.23. The Bertz CT molecular complexity index is 594. The maximum absolute atomic E-state index is 5.93. The molecule has 1 aliphatic rings. The summed E-state index contributed by atoms with van der Waals surface area (Å²) >= 11 is 9.44. The van der Waals surface area contributed by atoms with Gasteiger partial charge < -0.3 is 9.64 Å². The largest absolute Gasteiger partial charge is 0.379 e. The van der Waals surface area contributed by atoms with E-state index in [4.69, 9.17) is 16.3 Å². The van der Waals surface area contributed by atoms with E-state index in [1.807, 2.05) is 6.07 Å². The van der Waals surface area contributed by atoms with E-state index in [0.717, 1.165) is 29.1 Å². The maximum atomic E-state index is 5.93. The molecule has 1 N–H and O–H groups in total. The molecule has 2 atom stereocenters. The number of halogens is 2. The summed E-state index contributed by atoms with van der Waals surface area (Å²) in [5.41, 5.74) is 0.907. The lowest BCUT2D eigenvalue weighted by Gasteiger charge is -2.18. The van der Waals surface area contributed by atoms with E-state index >= 15 is 0 Å². The number of aromatic nitrogens is 4. The van der Waals surface area contributed by atoms with Gasteiger partial charge in [-0.05, 0) is 22.0 Å². The lowest BCUT2D eigenvalue weighted by molar-refractivity contribution is 0.105. The van der Waals surface area contributed by atoms with Crippen molar-refractivity contribution in [3.63, 3.8) is 0 Å². The smallest absolute Gasteiger partial charge is 0.143 e. The van der Waals surface area contributed by atoms with Crippen LogP contribution in [0.4, 0.5) is 5.82 Å².